The minimum absolute atomic E-state index is 0.0905. The zero-order valence-electron chi connectivity index (χ0n) is 10.9. The minimum Gasteiger partial charge on any atom is -0.349 e. The SMILES string of the molecule is CCc1cc(CC(=O)C(OC)OC)n(CC)n1. The first-order valence-corrected chi connectivity index (χ1v) is 5.80. The van der Waals surface area contributed by atoms with Crippen molar-refractivity contribution >= 4 is 5.78 Å². The zero-order chi connectivity index (χ0) is 12.8. The van der Waals surface area contributed by atoms with E-state index in [9.17, 15) is 4.79 Å². The fourth-order valence-electron chi connectivity index (χ4n) is 1.72. The molecule has 0 aromatic carbocycles. The number of ether oxygens (including phenoxy) is 2. The summed E-state index contributed by atoms with van der Waals surface area (Å²) in [5.41, 5.74) is 1.91. The van der Waals surface area contributed by atoms with Crippen molar-refractivity contribution in [3.63, 3.8) is 0 Å². The van der Waals surface area contributed by atoms with Crippen molar-refractivity contribution in [3.8, 4) is 0 Å². The smallest absolute Gasteiger partial charge is 0.217 e. The fourth-order valence-corrected chi connectivity index (χ4v) is 1.72. The maximum atomic E-state index is 11.8. The number of Topliss-reactive ketones (excluding diaryl/α,β-unsaturated/α-hetero) is 1. The molecule has 0 unspecified atom stereocenters. The Kier molecular flexibility index (Phi) is 5.31. The fraction of sp³-hybridized carbons (Fsp3) is 0.667. The molecule has 1 aromatic rings. The van der Waals surface area contributed by atoms with Gasteiger partial charge in [0.15, 0.2) is 5.78 Å². The van der Waals surface area contributed by atoms with Crippen molar-refractivity contribution in [1.82, 2.24) is 9.78 Å². The quantitative estimate of drug-likeness (QED) is 0.672. The van der Waals surface area contributed by atoms with E-state index >= 15 is 0 Å². The van der Waals surface area contributed by atoms with Gasteiger partial charge in [0.05, 0.1) is 12.1 Å². The first kappa shape index (κ1) is 13.9. The van der Waals surface area contributed by atoms with Crippen molar-refractivity contribution < 1.29 is 14.3 Å². The molecule has 96 valence electrons. The molecule has 1 heterocycles. The second-order valence-corrected chi connectivity index (χ2v) is 3.74. The lowest BCUT2D eigenvalue weighted by Gasteiger charge is -2.12. The third-order valence-corrected chi connectivity index (χ3v) is 2.62. The molecule has 5 nitrogen and oxygen atoms in total. The summed E-state index contributed by atoms with van der Waals surface area (Å²) in [5, 5.41) is 4.39. The Balaban J connectivity index is 2.79. The van der Waals surface area contributed by atoms with Gasteiger partial charge in [-0.2, -0.15) is 5.10 Å². The van der Waals surface area contributed by atoms with Gasteiger partial charge in [0.1, 0.15) is 0 Å². The van der Waals surface area contributed by atoms with E-state index in [1.165, 1.54) is 14.2 Å². The monoisotopic (exact) mass is 240 g/mol. The maximum absolute atomic E-state index is 11.8. The molecule has 5 heteroatoms. The summed E-state index contributed by atoms with van der Waals surface area (Å²) in [7, 11) is 2.92. The highest BCUT2D eigenvalue weighted by molar-refractivity contribution is 5.83. The van der Waals surface area contributed by atoms with E-state index < -0.39 is 6.29 Å². The van der Waals surface area contributed by atoms with Crippen LogP contribution in [0.2, 0.25) is 0 Å². The highest BCUT2D eigenvalue weighted by Crippen LogP contribution is 2.09. The van der Waals surface area contributed by atoms with Crippen LogP contribution in [0.1, 0.15) is 25.2 Å². The van der Waals surface area contributed by atoms with Gasteiger partial charge in [-0.05, 0) is 19.4 Å². The number of methoxy groups -OCH3 is 2. The first-order chi connectivity index (χ1) is 8.15. The Morgan fingerprint density at radius 1 is 1.41 bits per heavy atom. The molecule has 0 atom stereocenters. The molecule has 1 aromatic heterocycles. The summed E-state index contributed by atoms with van der Waals surface area (Å²) in [6.45, 7) is 4.80. The van der Waals surface area contributed by atoms with E-state index in [0.29, 0.717) is 0 Å². The summed E-state index contributed by atoms with van der Waals surface area (Å²) < 4.78 is 11.7. The lowest BCUT2D eigenvalue weighted by Crippen LogP contribution is -2.27. The van der Waals surface area contributed by atoms with Crippen molar-refractivity contribution in [1.29, 1.82) is 0 Å². The number of rotatable bonds is 7. The molecule has 0 saturated carbocycles. The van der Waals surface area contributed by atoms with Crippen molar-refractivity contribution in [2.75, 3.05) is 14.2 Å². The van der Waals surface area contributed by atoms with E-state index in [0.717, 1.165) is 24.4 Å². The number of hydrogen-bond acceptors (Lipinski definition) is 4. The third kappa shape index (κ3) is 3.38. The highest BCUT2D eigenvalue weighted by atomic mass is 16.7. The predicted molar refractivity (Wildman–Crippen MR) is 63.8 cm³/mol. The van der Waals surface area contributed by atoms with Crippen LogP contribution < -0.4 is 0 Å². The number of nitrogens with zero attached hydrogens (tertiary/aromatic N) is 2. The van der Waals surface area contributed by atoms with E-state index in [1.807, 2.05) is 24.6 Å². The van der Waals surface area contributed by atoms with Crippen molar-refractivity contribution in [2.45, 2.75) is 39.5 Å². The van der Waals surface area contributed by atoms with Crippen LogP contribution in [-0.2, 0) is 33.7 Å². The topological polar surface area (TPSA) is 53.4 Å². The number of aromatic nitrogens is 2. The summed E-state index contributed by atoms with van der Waals surface area (Å²) in [6.07, 6.45) is 0.361. The van der Waals surface area contributed by atoms with E-state index in [2.05, 4.69) is 5.10 Å². The lowest BCUT2D eigenvalue weighted by atomic mass is 10.2. The van der Waals surface area contributed by atoms with Gasteiger partial charge < -0.3 is 9.47 Å². The molecule has 0 spiro atoms. The molecule has 1 rings (SSSR count). The van der Waals surface area contributed by atoms with Crippen LogP contribution in [0.4, 0.5) is 0 Å². The Morgan fingerprint density at radius 3 is 2.53 bits per heavy atom. The van der Waals surface area contributed by atoms with Crippen LogP contribution in [0.15, 0.2) is 6.07 Å². The molecule has 17 heavy (non-hydrogen) atoms. The molecular formula is C12H20N2O3. The second-order valence-electron chi connectivity index (χ2n) is 3.74. The van der Waals surface area contributed by atoms with Gasteiger partial charge in [0.2, 0.25) is 6.29 Å². The second kappa shape index (κ2) is 6.51. The average molecular weight is 240 g/mol. The summed E-state index contributed by atoms with van der Waals surface area (Å²) in [6, 6.07) is 1.96. The van der Waals surface area contributed by atoms with Gasteiger partial charge in [-0.1, -0.05) is 6.92 Å². The molecule has 0 saturated heterocycles. The Labute approximate surface area is 102 Å². The van der Waals surface area contributed by atoms with Crippen LogP contribution in [0, 0.1) is 0 Å². The molecule has 0 aliphatic carbocycles. The van der Waals surface area contributed by atoms with Crippen LogP contribution in [0.25, 0.3) is 0 Å². The molecule has 0 radical (unpaired) electrons. The Morgan fingerprint density at radius 2 is 2.06 bits per heavy atom. The summed E-state index contributed by atoms with van der Waals surface area (Å²) >= 11 is 0. The Bertz CT molecular complexity index is 370. The number of hydrogen-bond donors (Lipinski definition) is 0. The van der Waals surface area contributed by atoms with Crippen LogP contribution >= 0.6 is 0 Å². The number of ketones is 1. The molecule has 0 fully saturated rings. The van der Waals surface area contributed by atoms with Gasteiger partial charge in [0.25, 0.3) is 0 Å². The van der Waals surface area contributed by atoms with Crippen LogP contribution in [0.3, 0.4) is 0 Å². The highest BCUT2D eigenvalue weighted by Gasteiger charge is 2.19. The third-order valence-electron chi connectivity index (χ3n) is 2.62. The molecular weight excluding hydrogens is 220 g/mol. The summed E-state index contributed by atoms with van der Waals surface area (Å²) in [4.78, 5) is 11.8. The van der Waals surface area contributed by atoms with Crippen LogP contribution in [0.5, 0.6) is 0 Å². The standard InChI is InChI=1S/C12H20N2O3/c1-5-9-7-10(14(6-2)13-9)8-11(15)12(16-3)17-4/h7,12H,5-6,8H2,1-4H3. The van der Waals surface area contributed by atoms with Gasteiger partial charge in [-0.3, -0.25) is 9.48 Å². The zero-order valence-corrected chi connectivity index (χ0v) is 10.9. The minimum atomic E-state index is -0.791. The molecule has 0 N–H and O–H groups in total. The van der Waals surface area contributed by atoms with Gasteiger partial charge in [-0.25, -0.2) is 0 Å². The first-order valence-electron chi connectivity index (χ1n) is 5.80. The van der Waals surface area contributed by atoms with Crippen molar-refractivity contribution in [3.05, 3.63) is 17.5 Å². The van der Waals surface area contributed by atoms with Gasteiger partial charge >= 0.3 is 0 Å². The Hall–Kier alpha value is -1.20. The van der Waals surface area contributed by atoms with Gasteiger partial charge in [-0.15, -0.1) is 0 Å². The number of aryl methyl sites for hydroxylation is 2. The van der Waals surface area contributed by atoms with Crippen LogP contribution in [-0.4, -0.2) is 36.1 Å². The van der Waals surface area contributed by atoms with E-state index in [4.69, 9.17) is 9.47 Å². The van der Waals surface area contributed by atoms with Crippen molar-refractivity contribution in [2.24, 2.45) is 0 Å². The maximum Gasteiger partial charge on any atom is 0.217 e. The molecule has 0 bridgehead atoms. The largest absolute Gasteiger partial charge is 0.349 e. The molecule has 0 amide bonds. The van der Waals surface area contributed by atoms with Gasteiger partial charge in [0, 0.05) is 26.5 Å². The number of carbonyl (C=O) groups is 1. The van der Waals surface area contributed by atoms with E-state index in [1.54, 1.807) is 0 Å². The lowest BCUT2D eigenvalue weighted by molar-refractivity contribution is -0.156. The van der Waals surface area contributed by atoms with E-state index in [-0.39, 0.29) is 12.2 Å². The normalized spacial score (nSPS) is 11.1. The average Bonchev–Trinajstić information content (AvgIpc) is 2.73. The predicted octanol–water partition coefficient (Wildman–Crippen LogP) is 1.20. The molecule has 0 aliphatic heterocycles. The molecule has 0 aliphatic rings. The summed E-state index contributed by atoms with van der Waals surface area (Å²) in [5.74, 6) is -0.0905. The number of carbonyl (C=O) groups excluding carboxylic acids is 1.